The fourth-order valence-corrected chi connectivity index (χ4v) is 2.80. The van der Waals surface area contributed by atoms with Crippen LogP contribution in [-0.4, -0.2) is 34.7 Å². The molecule has 2 aliphatic heterocycles. The second-order valence-electron chi connectivity index (χ2n) is 4.07. The van der Waals surface area contributed by atoms with Gasteiger partial charge < -0.3 is 5.11 Å². The smallest absolute Gasteiger partial charge is 0.0615 e. The molecule has 0 unspecified atom stereocenters. The van der Waals surface area contributed by atoms with Gasteiger partial charge in [-0.1, -0.05) is 0 Å². The summed E-state index contributed by atoms with van der Waals surface area (Å²) < 4.78 is 0. The van der Waals surface area contributed by atoms with Crippen LogP contribution in [0.3, 0.4) is 0 Å². The van der Waals surface area contributed by atoms with Crippen LogP contribution in [0.5, 0.6) is 0 Å². The largest absolute Gasteiger partial charge is 0.394 e. The SMILES string of the molecule is C[C@@H]1CC[C@]2(CO)CCCN12. The number of hydrogen-bond acceptors (Lipinski definition) is 2. The van der Waals surface area contributed by atoms with Crippen LogP contribution < -0.4 is 0 Å². The predicted molar refractivity (Wildman–Crippen MR) is 44.5 cm³/mol. The van der Waals surface area contributed by atoms with Crippen molar-refractivity contribution < 1.29 is 5.11 Å². The van der Waals surface area contributed by atoms with Gasteiger partial charge in [0.1, 0.15) is 0 Å². The summed E-state index contributed by atoms with van der Waals surface area (Å²) >= 11 is 0. The van der Waals surface area contributed by atoms with Gasteiger partial charge in [-0.15, -0.1) is 0 Å². The lowest BCUT2D eigenvalue weighted by Crippen LogP contribution is -2.44. The summed E-state index contributed by atoms with van der Waals surface area (Å²) in [7, 11) is 0. The molecule has 0 aromatic heterocycles. The van der Waals surface area contributed by atoms with Gasteiger partial charge in [0.2, 0.25) is 0 Å². The molecule has 0 aromatic rings. The Hall–Kier alpha value is -0.0800. The van der Waals surface area contributed by atoms with Crippen LogP contribution in [0, 0.1) is 0 Å². The van der Waals surface area contributed by atoms with Crippen LogP contribution in [-0.2, 0) is 0 Å². The van der Waals surface area contributed by atoms with E-state index in [-0.39, 0.29) is 5.54 Å². The van der Waals surface area contributed by atoms with Crippen LogP contribution in [0.25, 0.3) is 0 Å². The molecule has 2 fully saturated rings. The van der Waals surface area contributed by atoms with E-state index in [1.165, 1.54) is 32.2 Å². The van der Waals surface area contributed by atoms with Gasteiger partial charge in [-0.05, 0) is 39.2 Å². The molecule has 2 saturated heterocycles. The van der Waals surface area contributed by atoms with Crippen molar-refractivity contribution in [2.45, 2.75) is 44.2 Å². The molecule has 0 amide bonds. The minimum Gasteiger partial charge on any atom is -0.394 e. The molecular weight excluding hydrogens is 138 g/mol. The third kappa shape index (κ3) is 0.926. The van der Waals surface area contributed by atoms with Gasteiger partial charge in [-0.3, -0.25) is 4.90 Å². The molecular formula is C9H17NO. The molecule has 0 spiro atoms. The van der Waals surface area contributed by atoms with Crippen molar-refractivity contribution in [3.8, 4) is 0 Å². The molecule has 2 aliphatic rings. The lowest BCUT2D eigenvalue weighted by molar-refractivity contribution is 0.0818. The molecule has 2 rings (SSSR count). The Bertz CT molecular complexity index is 160. The average Bonchev–Trinajstić information content (AvgIpc) is 2.53. The maximum absolute atomic E-state index is 9.30. The standard InChI is InChI=1S/C9H17NO/c1-8-3-5-9(7-11)4-2-6-10(8)9/h8,11H,2-7H2,1H3/t8-,9+/m1/s1. The van der Waals surface area contributed by atoms with Crippen molar-refractivity contribution >= 4 is 0 Å². The summed E-state index contributed by atoms with van der Waals surface area (Å²) in [6, 6.07) is 0.713. The van der Waals surface area contributed by atoms with E-state index in [1.807, 2.05) is 0 Å². The Morgan fingerprint density at radius 3 is 3.00 bits per heavy atom. The second-order valence-corrected chi connectivity index (χ2v) is 4.07. The van der Waals surface area contributed by atoms with Crippen molar-refractivity contribution in [3.63, 3.8) is 0 Å². The van der Waals surface area contributed by atoms with Crippen molar-refractivity contribution in [1.82, 2.24) is 4.90 Å². The second kappa shape index (κ2) is 2.46. The topological polar surface area (TPSA) is 23.5 Å². The molecule has 0 bridgehead atoms. The molecule has 0 radical (unpaired) electrons. The van der Waals surface area contributed by atoms with Crippen LogP contribution in [0.15, 0.2) is 0 Å². The molecule has 2 heterocycles. The first kappa shape index (κ1) is 7.56. The summed E-state index contributed by atoms with van der Waals surface area (Å²) in [6.07, 6.45) is 4.99. The Balaban J connectivity index is 2.18. The fourth-order valence-electron chi connectivity index (χ4n) is 2.80. The van der Waals surface area contributed by atoms with E-state index in [4.69, 9.17) is 0 Å². The van der Waals surface area contributed by atoms with E-state index >= 15 is 0 Å². The van der Waals surface area contributed by atoms with Crippen LogP contribution in [0.4, 0.5) is 0 Å². The highest BCUT2D eigenvalue weighted by Crippen LogP contribution is 2.41. The molecule has 11 heavy (non-hydrogen) atoms. The van der Waals surface area contributed by atoms with Crippen molar-refractivity contribution in [1.29, 1.82) is 0 Å². The van der Waals surface area contributed by atoms with Gasteiger partial charge in [0.05, 0.1) is 6.61 Å². The minimum absolute atomic E-state index is 0.208. The fraction of sp³-hybridized carbons (Fsp3) is 1.00. The normalized spacial score (nSPS) is 44.7. The zero-order valence-electron chi connectivity index (χ0n) is 7.21. The summed E-state index contributed by atoms with van der Waals surface area (Å²) in [6.45, 7) is 3.86. The predicted octanol–water partition coefficient (Wildman–Crippen LogP) is 0.996. The van der Waals surface area contributed by atoms with Gasteiger partial charge in [-0.2, -0.15) is 0 Å². The Kier molecular flexibility index (Phi) is 1.69. The van der Waals surface area contributed by atoms with E-state index in [0.717, 1.165) is 0 Å². The maximum Gasteiger partial charge on any atom is 0.0615 e. The first-order valence-electron chi connectivity index (χ1n) is 4.66. The zero-order valence-corrected chi connectivity index (χ0v) is 7.21. The van der Waals surface area contributed by atoms with E-state index in [1.54, 1.807) is 0 Å². The Morgan fingerprint density at radius 1 is 1.55 bits per heavy atom. The van der Waals surface area contributed by atoms with Crippen molar-refractivity contribution in [2.24, 2.45) is 0 Å². The van der Waals surface area contributed by atoms with Crippen LogP contribution >= 0.6 is 0 Å². The van der Waals surface area contributed by atoms with E-state index in [9.17, 15) is 5.11 Å². The molecule has 0 saturated carbocycles. The highest BCUT2D eigenvalue weighted by Gasteiger charge is 2.46. The third-order valence-electron chi connectivity index (χ3n) is 3.50. The van der Waals surface area contributed by atoms with Gasteiger partial charge in [0.25, 0.3) is 0 Å². The summed E-state index contributed by atoms with van der Waals surface area (Å²) in [5.74, 6) is 0. The van der Waals surface area contributed by atoms with Gasteiger partial charge >= 0.3 is 0 Å². The summed E-state index contributed by atoms with van der Waals surface area (Å²) in [5.41, 5.74) is 0.208. The van der Waals surface area contributed by atoms with Crippen molar-refractivity contribution in [2.75, 3.05) is 13.2 Å². The molecule has 1 N–H and O–H groups in total. The monoisotopic (exact) mass is 155 g/mol. The molecule has 2 heteroatoms. The lowest BCUT2D eigenvalue weighted by atomic mass is 9.95. The summed E-state index contributed by atoms with van der Waals surface area (Å²) in [4.78, 5) is 2.51. The molecule has 2 atom stereocenters. The first-order valence-corrected chi connectivity index (χ1v) is 4.66. The van der Waals surface area contributed by atoms with Crippen molar-refractivity contribution in [3.05, 3.63) is 0 Å². The average molecular weight is 155 g/mol. The number of aliphatic hydroxyl groups is 1. The third-order valence-corrected chi connectivity index (χ3v) is 3.50. The van der Waals surface area contributed by atoms with E-state index in [0.29, 0.717) is 12.6 Å². The number of hydrogen-bond donors (Lipinski definition) is 1. The van der Waals surface area contributed by atoms with Gasteiger partial charge in [-0.25, -0.2) is 0 Å². The number of fused-ring (bicyclic) bond motifs is 1. The van der Waals surface area contributed by atoms with Gasteiger partial charge in [0.15, 0.2) is 0 Å². The Labute approximate surface area is 68.2 Å². The molecule has 0 aliphatic carbocycles. The first-order chi connectivity index (χ1) is 5.28. The molecule has 0 aromatic carbocycles. The van der Waals surface area contributed by atoms with E-state index in [2.05, 4.69) is 11.8 Å². The molecule has 64 valence electrons. The highest BCUT2D eigenvalue weighted by molar-refractivity contribution is 5.02. The highest BCUT2D eigenvalue weighted by atomic mass is 16.3. The van der Waals surface area contributed by atoms with Gasteiger partial charge in [0, 0.05) is 11.6 Å². The zero-order chi connectivity index (χ0) is 7.90. The number of nitrogens with zero attached hydrogens (tertiary/aromatic N) is 1. The van der Waals surface area contributed by atoms with Crippen LogP contribution in [0.2, 0.25) is 0 Å². The number of rotatable bonds is 1. The maximum atomic E-state index is 9.30. The minimum atomic E-state index is 0.208. The summed E-state index contributed by atoms with van der Waals surface area (Å²) in [5, 5.41) is 9.30. The Morgan fingerprint density at radius 2 is 2.36 bits per heavy atom. The van der Waals surface area contributed by atoms with E-state index < -0.39 is 0 Å². The lowest BCUT2D eigenvalue weighted by Gasteiger charge is -2.31. The molecule has 2 nitrogen and oxygen atoms in total. The van der Waals surface area contributed by atoms with Crippen LogP contribution in [0.1, 0.15) is 32.6 Å². The quantitative estimate of drug-likeness (QED) is 0.610. The number of aliphatic hydroxyl groups excluding tert-OH is 1.